The van der Waals surface area contributed by atoms with Crippen LogP contribution in [0.5, 0.6) is 0 Å². The predicted molar refractivity (Wildman–Crippen MR) is 79.5 cm³/mol. The van der Waals surface area contributed by atoms with Gasteiger partial charge in [0.25, 0.3) is 14.2 Å². The molecule has 1 aliphatic carbocycles. The van der Waals surface area contributed by atoms with E-state index < -0.39 is 9.05 Å². The molecule has 0 aliphatic heterocycles. The average molecular weight is 410 g/mol. The molecule has 0 radical (unpaired) electrons. The normalized spacial score (nSPS) is 15.7. The summed E-state index contributed by atoms with van der Waals surface area (Å²) in [6.45, 7) is 0. The van der Waals surface area contributed by atoms with Gasteiger partial charge in [0, 0.05) is 25.9 Å². The van der Waals surface area contributed by atoms with Gasteiger partial charge in [0.1, 0.15) is 0 Å². The van der Waals surface area contributed by atoms with Crippen LogP contribution in [0.3, 0.4) is 0 Å². The summed E-state index contributed by atoms with van der Waals surface area (Å²) in [5, 5.41) is 7.58. The fourth-order valence-corrected chi connectivity index (χ4v) is 3.40. The predicted octanol–water partition coefficient (Wildman–Crippen LogP) is 2.81. The van der Waals surface area contributed by atoms with Crippen molar-refractivity contribution in [1.82, 2.24) is 14.8 Å². The van der Waals surface area contributed by atoms with E-state index in [1.165, 1.54) is 0 Å². The lowest BCUT2D eigenvalue weighted by atomic mass is 10.2. The molecule has 0 N–H and O–H groups in total. The molecule has 19 heavy (non-hydrogen) atoms. The third-order valence-electron chi connectivity index (χ3n) is 2.88. The Balaban J connectivity index is 2.20. The number of nitrogens with zero attached hydrogens (tertiary/aromatic N) is 3. The molecule has 0 spiro atoms. The summed E-state index contributed by atoms with van der Waals surface area (Å²) in [5.74, 6) is 0.556. The number of rotatable bonds is 3. The zero-order valence-electron chi connectivity index (χ0n) is 9.62. The zero-order valence-corrected chi connectivity index (χ0v) is 13.4. The second-order valence-corrected chi connectivity index (χ2v) is 8.06. The topological polar surface area (TPSA) is 64.8 Å². The molecule has 8 heteroatoms. The molecular formula is C11H9ClIN3O2S. The molecule has 3 rings (SSSR count). The van der Waals surface area contributed by atoms with E-state index in [0.717, 1.165) is 22.0 Å². The van der Waals surface area contributed by atoms with E-state index in [-0.39, 0.29) is 11.2 Å². The van der Waals surface area contributed by atoms with Gasteiger partial charge in [-0.1, -0.05) is 12.1 Å². The van der Waals surface area contributed by atoms with Gasteiger partial charge < -0.3 is 0 Å². The van der Waals surface area contributed by atoms with Gasteiger partial charge in [0.2, 0.25) is 0 Å². The molecule has 0 atom stereocenters. The van der Waals surface area contributed by atoms with Crippen LogP contribution in [0, 0.1) is 3.57 Å². The van der Waals surface area contributed by atoms with Crippen molar-refractivity contribution in [1.29, 1.82) is 0 Å². The second-order valence-electron chi connectivity index (χ2n) is 4.36. The molecule has 5 nitrogen and oxygen atoms in total. The van der Waals surface area contributed by atoms with Crippen molar-refractivity contribution in [3.63, 3.8) is 0 Å². The first-order valence-corrected chi connectivity index (χ1v) is 9.01. The zero-order chi connectivity index (χ0) is 13.6. The SMILES string of the molecule is O=S(=O)(Cl)c1nnc(-c2cccc(I)c2)n1C1CC1. The van der Waals surface area contributed by atoms with Crippen LogP contribution in [0.25, 0.3) is 11.4 Å². The Morgan fingerprint density at radius 1 is 1.32 bits per heavy atom. The molecule has 0 unspecified atom stereocenters. The summed E-state index contributed by atoms with van der Waals surface area (Å²) in [6.07, 6.45) is 1.85. The smallest absolute Gasteiger partial charge is 0.294 e. The molecule has 0 amide bonds. The van der Waals surface area contributed by atoms with E-state index in [0.29, 0.717) is 5.82 Å². The summed E-state index contributed by atoms with van der Waals surface area (Å²) >= 11 is 2.20. The molecule has 1 fully saturated rings. The largest absolute Gasteiger partial charge is 0.296 e. The van der Waals surface area contributed by atoms with Crippen LogP contribution in [0.4, 0.5) is 0 Å². The second kappa shape index (κ2) is 4.71. The monoisotopic (exact) mass is 409 g/mol. The Labute approximate surface area is 128 Å². The Bertz CT molecular complexity index is 740. The first-order chi connectivity index (χ1) is 8.97. The molecule has 0 saturated heterocycles. The van der Waals surface area contributed by atoms with Gasteiger partial charge in [-0.15, -0.1) is 10.2 Å². The Kier molecular flexibility index (Phi) is 3.30. The molecule has 1 aromatic heterocycles. The Morgan fingerprint density at radius 2 is 2.05 bits per heavy atom. The molecule has 1 aromatic carbocycles. The maximum Gasteiger partial charge on any atom is 0.296 e. The van der Waals surface area contributed by atoms with Crippen LogP contribution < -0.4 is 0 Å². The minimum atomic E-state index is -3.88. The standard InChI is InChI=1S/C11H9ClIN3O2S/c12-19(17,18)11-15-14-10(16(11)9-4-5-9)7-2-1-3-8(13)6-7/h1-3,6,9H,4-5H2. The fraction of sp³-hybridized carbons (Fsp3) is 0.273. The minimum Gasteiger partial charge on any atom is -0.294 e. The molecule has 1 saturated carbocycles. The van der Waals surface area contributed by atoms with Crippen molar-refractivity contribution in [3.8, 4) is 11.4 Å². The highest BCUT2D eigenvalue weighted by molar-refractivity contribution is 14.1. The highest BCUT2D eigenvalue weighted by Crippen LogP contribution is 2.40. The highest BCUT2D eigenvalue weighted by atomic mass is 127. The van der Waals surface area contributed by atoms with E-state index in [4.69, 9.17) is 10.7 Å². The first-order valence-electron chi connectivity index (χ1n) is 5.62. The molecule has 100 valence electrons. The van der Waals surface area contributed by atoms with Crippen molar-refractivity contribution in [3.05, 3.63) is 27.8 Å². The maximum absolute atomic E-state index is 11.5. The van der Waals surface area contributed by atoms with Crippen LogP contribution >= 0.6 is 33.3 Å². The number of hydrogen-bond acceptors (Lipinski definition) is 4. The van der Waals surface area contributed by atoms with Crippen molar-refractivity contribution in [2.24, 2.45) is 0 Å². The summed E-state index contributed by atoms with van der Waals surface area (Å²) in [5.41, 5.74) is 0.845. The van der Waals surface area contributed by atoms with E-state index >= 15 is 0 Å². The number of hydrogen-bond donors (Lipinski definition) is 0. The van der Waals surface area contributed by atoms with Crippen molar-refractivity contribution < 1.29 is 8.42 Å². The number of halogens is 2. The van der Waals surface area contributed by atoms with Crippen LogP contribution in [-0.2, 0) is 9.05 Å². The lowest BCUT2D eigenvalue weighted by molar-refractivity contribution is 0.579. The Hall–Kier alpha value is -0.670. The maximum atomic E-state index is 11.5. The quantitative estimate of drug-likeness (QED) is 0.578. The molecular weight excluding hydrogens is 401 g/mol. The van der Waals surface area contributed by atoms with Crippen molar-refractivity contribution in [2.75, 3.05) is 0 Å². The molecule has 1 aliphatic rings. The van der Waals surface area contributed by atoms with E-state index in [2.05, 4.69) is 32.8 Å². The van der Waals surface area contributed by atoms with Crippen LogP contribution in [0.2, 0.25) is 0 Å². The van der Waals surface area contributed by atoms with Gasteiger partial charge in [0.05, 0.1) is 0 Å². The first kappa shape index (κ1) is 13.3. The summed E-state index contributed by atoms with van der Waals surface area (Å²) in [4.78, 5) is 0. The van der Waals surface area contributed by atoms with Gasteiger partial charge >= 0.3 is 0 Å². The summed E-state index contributed by atoms with van der Waals surface area (Å²) in [6, 6.07) is 7.81. The van der Waals surface area contributed by atoms with Crippen molar-refractivity contribution >= 4 is 42.3 Å². The average Bonchev–Trinajstić information content (AvgIpc) is 3.06. The van der Waals surface area contributed by atoms with Gasteiger partial charge in [-0.2, -0.15) is 0 Å². The van der Waals surface area contributed by atoms with Gasteiger partial charge in [0.15, 0.2) is 5.82 Å². The van der Waals surface area contributed by atoms with Crippen LogP contribution in [0.1, 0.15) is 18.9 Å². The van der Waals surface area contributed by atoms with Crippen LogP contribution in [0.15, 0.2) is 29.4 Å². The summed E-state index contributed by atoms with van der Waals surface area (Å²) in [7, 11) is 1.54. The highest BCUT2D eigenvalue weighted by Gasteiger charge is 2.34. The molecule has 2 aromatic rings. The van der Waals surface area contributed by atoms with Gasteiger partial charge in [-0.25, -0.2) is 8.42 Å². The lowest BCUT2D eigenvalue weighted by Crippen LogP contribution is -2.06. The van der Waals surface area contributed by atoms with E-state index in [1.807, 2.05) is 24.3 Å². The van der Waals surface area contributed by atoms with Crippen LogP contribution in [-0.4, -0.2) is 23.2 Å². The third-order valence-corrected chi connectivity index (χ3v) is 4.68. The number of benzene rings is 1. The number of aromatic nitrogens is 3. The molecule has 0 bridgehead atoms. The lowest BCUT2D eigenvalue weighted by Gasteiger charge is -2.07. The molecule has 1 heterocycles. The minimum absolute atomic E-state index is 0.131. The van der Waals surface area contributed by atoms with Crippen molar-refractivity contribution in [2.45, 2.75) is 24.0 Å². The fourth-order valence-electron chi connectivity index (χ4n) is 1.93. The van der Waals surface area contributed by atoms with Gasteiger partial charge in [-0.05, 0) is 47.6 Å². The van der Waals surface area contributed by atoms with Gasteiger partial charge in [-0.3, -0.25) is 4.57 Å². The van der Waals surface area contributed by atoms with E-state index in [9.17, 15) is 8.42 Å². The summed E-state index contributed by atoms with van der Waals surface area (Å²) < 4.78 is 25.8. The third kappa shape index (κ3) is 2.63. The Morgan fingerprint density at radius 3 is 2.63 bits per heavy atom. The van der Waals surface area contributed by atoms with E-state index in [1.54, 1.807) is 4.57 Å².